The van der Waals surface area contributed by atoms with Crippen LogP contribution in [0, 0.1) is 0 Å². The lowest BCUT2D eigenvalue weighted by Crippen LogP contribution is -2.50. The van der Waals surface area contributed by atoms with Crippen LogP contribution >= 0.6 is 11.3 Å². The molecule has 9 nitrogen and oxygen atoms in total. The van der Waals surface area contributed by atoms with Crippen molar-refractivity contribution in [3.8, 4) is 0 Å². The molecule has 1 saturated heterocycles. The zero-order chi connectivity index (χ0) is 15.0. The number of hydrogen-bond donors (Lipinski definition) is 3. The Morgan fingerprint density at radius 1 is 1.62 bits per heavy atom. The van der Waals surface area contributed by atoms with Crippen LogP contribution in [-0.4, -0.2) is 59.6 Å². The topological polar surface area (TPSA) is 122 Å². The Bertz CT molecular complexity index is 740. The minimum absolute atomic E-state index is 0.0263. The fourth-order valence-corrected chi connectivity index (χ4v) is 4.89. The number of anilines is 1. The second kappa shape index (κ2) is 5.51. The Labute approximate surface area is 125 Å². The van der Waals surface area contributed by atoms with E-state index in [0.717, 1.165) is 0 Å². The molecule has 2 aromatic rings. The number of rotatable bonds is 4. The third-order valence-electron chi connectivity index (χ3n) is 3.29. The molecular weight excluding hydrogens is 318 g/mol. The number of hydrogen-bond acceptors (Lipinski definition) is 8. The Hall–Kier alpha value is -1.24. The van der Waals surface area contributed by atoms with E-state index in [2.05, 4.69) is 10.4 Å². The molecule has 3 rings (SSSR count). The summed E-state index contributed by atoms with van der Waals surface area (Å²) in [5.74, 6) is 5.48. The van der Waals surface area contributed by atoms with Crippen LogP contribution in [0.2, 0.25) is 0 Å². The van der Waals surface area contributed by atoms with Crippen LogP contribution in [0.25, 0.3) is 4.96 Å². The van der Waals surface area contributed by atoms with E-state index in [4.69, 9.17) is 10.6 Å². The molecule has 1 aliphatic heterocycles. The van der Waals surface area contributed by atoms with Gasteiger partial charge in [-0.1, -0.05) is 0 Å². The Morgan fingerprint density at radius 3 is 3.14 bits per heavy atom. The number of hydrazine groups is 1. The predicted molar refractivity (Wildman–Crippen MR) is 76.5 cm³/mol. The van der Waals surface area contributed by atoms with Crippen molar-refractivity contribution in [3.63, 3.8) is 0 Å². The fraction of sp³-hybridized carbons (Fsp3) is 0.500. The predicted octanol–water partition coefficient (Wildman–Crippen LogP) is -0.937. The van der Waals surface area contributed by atoms with Gasteiger partial charge in [-0.2, -0.15) is 9.29 Å². The van der Waals surface area contributed by atoms with E-state index in [-0.39, 0.29) is 37.2 Å². The minimum Gasteiger partial charge on any atom is -0.395 e. The summed E-state index contributed by atoms with van der Waals surface area (Å²) in [4.78, 5) is 4.67. The number of sulfonamides is 1. The van der Waals surface area contributed by atoms with Gasteiger partial charge >= 0.3 is 0 Å². The SMILES string of the molecule is NNc1nc2sccn2c1S(=O)(=O)N1CCOCC1CO. The average Bonchev–Trinajstić information content (AvgIpc) is 3.06. The van der Waals surface area contributed by atoms with Gasteiger partial charge in [-0.25, -0.2) is 14.3 Å². The molecular formula is C10H15N5O4S2. The molecule has 0 radical (unpaired) electrons. The summed E-state index contributed by atoms with van der Waals surface area (Å²) in [5, 5.41) is 11.1. The molecule has 0 aromatic carbocycles. The Balaban J connectivity index is 2.12. The second-order valence-corrected chi connectivity index (χ2v) is 7.17. The van der Waals surface area contributed by atoms with Crippen LogP contribution in [-0.2, 0) is 14.8 Å². The molecule has 4 N–H and O–H groups in total. The van der Waals surface area contributed by atoms with Crippen molar-refractivity contribution in [2.24, 2.45) is 5.84 Å². The van der Waals surface area contributed by atoms with E-state index in [1.165, 1.54) is 20.0 Å². The molecule has 1 fully saturated rings. The molecule has 0 aliphatic carbocycles. The summed E-state index contributed by atoms with van der Waals surface area (Å²) in [6.45, 7) is 0.310. The van der Waals surface area contributed by atoms with Crippen molar-refractivity contribution in [1.82, 2.24) is 13.7 Å². The first kappa shape index (κ1) is 14.7. The van der Waals surface area contributed by atoms with Crippen LogP contribution < -0.4 is 11.3 Å². The number of nitrogens with one attached hydrogen (secondary N) is 1. The summed E-state index contributed by atoms with van der Waals surface area (Å²) >= 11 is 1.31. The van der Waals surface area contributed by atoms with Crippen molar-refractivity contribution in [2.75, 3.05) is 31.8 Å². The average molecular weight is 333 g/mol. The van der Waals surface area contributed by atoms with E-state index in [1.54, 1.807) is 11.6 Å². The standard InChI is InChI=1S/C10H15N5O4S2/c11-13-8-9(14-2-4-20-10(14)12-8)21(17,18)15-1-3-19-6-7(15)5-16/h2,4,7,13,16H,1,3,5-6,11H2. The number of aliphatic hydroxyl groups excluding tert-OH is 1. The number of nitrogen functional groups attached to an aromatic ring is 1. The Morgan fingerprint density at radius 2 is 2.43 bits per heavy atom. The third-order valence-corrected chi connectivity index (χ3v) is 6.03. The molecule has 0 spiro atoms. The summed E-state index contributed by atoms with van der Waals surface area (Å²) < 4.78 is 33.8. The maximum atomic E-state index is 12.9. The van der Waals surface area contributed by atoms with Crippen LogP contribution in [0.15, 0.2) is 16.6 Å². The Kier molecular flexibility index (Phi) is 3.86. The molecule has 2 aromatic heterocycles. The van der Waals surface area contributed by atoms with E-state index in [1.807, 2.05) is 0 Å². The van der Waals surface area contributed by atoms with Crippen molar-refractivity contribution >= 4 is 32.1 Å². The summed E-state index contributed by atoms with van der Waals surface area (Å²) in [6, 6.07) is -0.612. The van der Waals surface area contributed by atoms with E-state index in [9.17, 15) is 13.5 Å². The van der Waals surface area contributed by atoms with Gasteiger partial charge in [0.2, 0.25) is 5.03 Å². The summed E-state index contributed by atoms with van der Waals surface area (Å²) in [5.41, 5.74) is 2.32. The molecule has 1 aliphatic rings. The van der Waals surface area contributed by atoms with Crippen LogP contribution in [0.1, 0.15) is 0 Å². The van der Waals surface area contributed by atoms with E-state index < -0.39 is 16.1 Å². The zero-order valence-corrected chi connectivity index (χ0v) is 12.6. The zero-order valence-electron chi connectivity index (χ0n) is 11.0. The lowest BCUT2D eigenvalue weighted by molar-refractivity contribution is 0.0108. The fourth-order valence-electron chi connectivity index (χ4n) is 2.32. The molecule has 0 saturated carbocycles. The molecule has 1 atom stereocenters. The first-order chi connectivity index (χ1) is 10.1. The maximum absolute atomic E-state index is 12.9. The molecule has 1 unspecified atom stereocenters. The van der Waals surface area contributed by atoms with Gasteiger partial charge in [0.05, 0.1) is 25.9 Å². The first-order valence-electron chi connectivity index (χ1n) is 6.22. The number of morpholine rings is 1. The van der Waals surface area contributed by atoms with Crippen molar-refractivity contribution in [3.05, 3.63) is 11.6 Å². The molecule has 11 heteroatoms. The number of aromatic nitrogens is 2. The van der Waals surface area contributed by atoms with Gasteiger partial charge in [0.1, 0.15) is 0 Å². The van der Waals surface area contributed by atoms with Crippen molar-refractivity contribution < 1.29 is 18.3 Å². The number of ether oxygens (including phenoxy) is 1. The van der Waals surface area contributed by atoms with Crippen molar-refractivity contribution in [2.45, 2.75) is 11.1 Å². The second-order valence-electron chi connectivity index (χ2n) is 4.49. The number of aliphatic hydroxyl groups is 1. The molecule has 116 valence electrons. The maximum Gasteiger partial charge on any atom is 0.263 e. The lowest BCUT2D eigenvalue weighted by Gasteiger charge is -2.33. The van der Waals surface area contributed by atoms with Gasteiger partial charge in [-0.05, 0) is 0 Å². The van der Waals surface area contributed by atoms with Gasteiger partial charge < -0.3 is 15.3 Å². The van der Waals surface area contributed by atoms with Gasteiger partial charge in [-0.15, -0.1) is 11.3 Å². The number of fused-ring (bicyclic) bond motifs is 1. The highest BCUT2D eigenvalue weighted by molar-refractivity contribution is 7.89. The molecule has 3 heterocycles. The van der Waals surface area contributed by atoms with Crippen LogP contribution in [0.3, 0.4) is 0 Å². The largest absolute Gasteiger partial charge is 0.395 e. The monoisotopic (exact) mass is 333 g/mol. The molecule has 0 amide bonds. The van der Waals surface area contributed by atoms with Crippen LogP contribution in [0.4, 0.5) is 5.82 Å². The number of thiazole rings is 1. The van der Waals surface area contributed by atoms with Gasteiger partial charge in [-0.3, -0.25) is 4.40 Å². The van der Waals surface area contributed by atoms with Crippen LogP contribution in [0.5, 0.6) is 0 Å². The first-order valence-corrected chi connectivity index (χ1v) is 8.54. The number of nitrogens with two attached hydrogens (primary N) is 1. The summed E-state index contributed by atoms with van der Waals surface area (Å²) in [6.07, 6.45) is 1.62. The smallest absolute Gasteiger partial charge is 0.263 e. The van der Waals surface area contributed by atoms with E-state index >= 15 is 0 Å². The van der Waals surface area contributed by atoms with Gasteiger partial charge in [0.15, 0.2) is 10.8 Å². The highest BCUT2D eigenvalue weighted by Crippen LogP contribution is 2.29. The minimum atomic E-state index is -3.86. The lowest BCUT2D eigenvalue weighted by atomic mass is 10.3. The third kappa shape index (κ3) is 2.31. The van der Waals surface area contributed by atoms with Crippen molar-refractivity contribution in [1.29, 1.82) is 0 Å². The van der Waals surface area contributed by atoms with Gasteiger partial charge in [0.25, 0.3) is 10.0 Å². The quantitative estimate of drug-likeness (QED) is 0.488. The normalized spacial score (nSPS) is 21.0. The summed E-state index contributed by atoms with van der Waals surface area (Å²) in [7, 11) is -3.86. The highest BCUT2D eigenvalue weighted by Gasteiger charge is 2.37. The van der Waals surface area contributed by atoms with Gasteiger partial charge in [0, 0.05) is 18.1 Å². The highest BCUT2D eigenvalue weighted by atomic mass is 32.2. The molecule has 0 bridgehead atoms. The number of imidazole rings is 1. The number of nitrogens with zero attached hydrogens (tertiary/aromatic N) is 3. The van der Waals surface area contributed by atoms with E-state index in [0.29, 0.717) is 4.96 Å². The molecule has 21 heavy (non-hydrogen) atoms.